The van der Waals surface area contributed by atoms with Crippen molar-refractivity contribution in [3.8, 4) is 27.8 Å². The van der Waals surface area contributed by atoms with Crippen LogP contribution in [0.25, 0.3) is 10.6 Å². The van der Waals surface area contributed by atoms with Crippen LogP contribution in [0.1, 0.15) is 10.5 Å². The second-order valence-electron chi connectivity index (χ2n) is 6.14. The number of thiazole rings is 1. The highest BCUT2D eigenvalue weighted by Gasteiger charge is 2.17. The average molecular weight is 433 g/mol. The summed E-state index contributed by atoms with van der Waals surface area (Å²) in [5.74, 6) is 1.76. The van der Waals surface area contributed by atoms with E-state index in [0.717, 1.165) is 10.6 Å². The summed E-state index contributed by atoms with van der Waals surface area (Å²) in [6, 6.07) is 12.7. The summed E-state index contributed by atoms with van der Waals surface area (Å²) in [7, 11) is 4.89. The molecule has 0 aliphatic carbocycles. The topological polar surface area (TPSA) is 60.9 Å². The predicted octanol–water partition coefficient (Wildman–Crippen LogP) is 4.63. The van der Waals surface area contributed by atoms with Crippen molar-refractivity contribution in [3.63, 3.8) is 0 Å². The number of methoxy groups -OCH3 is 2. The Labute approximate surface area is 178 Å². The van der Waals surface area contributed by atoms with Crippen LogP contribution in [-0.4, -0.2) is 50.2 Å². The monoisotopic (exact) mass is 432 g/mol. The summed E-state index contributed by atoms with van der Waals surface area (Å²) >= 11 is 7.34. The number of amides is 1. The largest absolute Gasteiger partial charge is 0.493 e. The Balaban J connectivity index is 1.62. The van der Waals surface area contributed by atoms with Gasteiger partial charge in [0.1, 0.15) is 23.1 Å². The molecular weight excluding hydrogens is 412 g/mol. The van der Waals surface area contributed by atoms with Gasteiger partial charge in [0.2, 0.25) is 0 Å². The summed E-state index contributed by atoms with van der Waals surface area (Å²) in [4.78, 5) is 18.7. The minimum Gasteiger partial charge on any atom is -0.493 e. The van der Waals surface area contributed by atoms with Gasteiger partial charge in [-0.25, -0.2) is 4.98 Å². The molecule has 2 aromatic carbocycles. The minimum absolute atomic E-state index is 0.164. The quantitative estimate of drug-likeness (QED) is 0.519. The molecule has 0 atom stereocenters. The van der Waals surface area contributed by atoms with Crippen molar-refractivity contribution in [2.45, 2.75) is 0 Å². The molecule has 0 unspecified atom stereocenters. The molecule has 0 saturated heterocycles. The third-order valence-corrected chi connectivity index (χ3v) is 5.32. The molecular formula is C21H21ClN2O4S. The fourth-order valence-corrected chi connectivity index (χ4v) is 3.60. The van der Waals surface area contributed by atoms with Crippen molar-refractivity contribution in [1.82, 2.24) is 9.88 Å². The van der Waals surface area contributed by atoms with Crippen molar-refractivity contribution in [2.75, 3.05) is 34.4 Å². The Kier molecular flexibility index (Phi) is 6.95. The highest BCUT2D eigenvalue weighted by Crippen LogP contribution is 2.33. The molecule has 3 aromatic rings. The van der Waals surface area contributed by atoms with Gasteiger partial charge in [0, 0.05) is 23.0 Å². The van der Waals surface area contributed by atoms with Crippen LogP contribution < -0.4 is 14.2 Å². The number of ether oxygens (including phenoxy) is 3. The van der Waals surface area contributed by atoms with Crippen LogP contribution in [0.2, 0.25) is 5.02 Å². The first-order chi connectivity index (χ1) is 14.0. The van der Waals surface area contributed by atoms with E-state index in [4.69, 9.17) is 25.8 Å². The summed E-state index contributed by atoms with van der Waals surface area (Å²) in [6.45, 7) is 0.782. The summed E-state index contributed by atoms with van der Waals surface area (Å²) in [5.41, 5.74) is 1.25. The zero-order valence-electron chi connectivity index (χ0n) is 16.3. The first-order valence-electron chi connectivity index (χ1n) is 8.83. The molecule has 1 amide bonds. The van der Waals surface area contributed by atoms with Crippen molar-refractivity contribution >= 4 is 28.8 Å². The van der Waals surface area contributed by atoms with E-state index in [1.807, 2.05) is 30.3 Å². The van der Waals surface area contributed by atoms with E-state index in [0.29, 0.717) is 41.1 Å². The molecule has 0 N–H and O–H groups in total. The van der Waals surface area contributed by atoms with Gasteiger partial charge in [-0.05, 0) is 36.4 Å². The van der Waals surface area contributed by atoms with Gasteiger partial charge in [0.15, 0.2) is 11.5 Å². The lowest BCUT2D eigenvalue weighted by molar-refractivity contribution is 0.0769. The molecule has 0 bridgehead atoms. The van der Waals surface area contributed by atoms with E-state index in [9.17, 15) is 4.79 Å². The standard InChI is InChI=1S/C21H21ClN2O4S/c1-24(9-10-28-16-6-4-5-15(22)12-16)21(25)17-13-29-20(23-17)14-7-8-18(26-2)19(11-14)27-3/h4-8,11-13H,9-10H2,1-3H3. The first-order valence-corrected chi connectivity index (χ1v) is 10.1. The lowest BCUT2D eigenvalue weighted by Crippen LogP contribution is -2.31. The van der Waals surface area contributed by atoms with Crippen molar-refractivity contribution in [1.29, 1.82) is 0 Å². The molecule has 3 rings (SSSR count). The zero-order valence-corrected chi connectivity index (χ0v) is 17.9. The number of hydrogen-bond acceptors (Lipinski definition) is 6. The fraction of sp³-hybridized carbons (Fsp3) is 0.238. The number of carbonyl (C=O) groups is 1. The number of likely N-dealkylation sites (N-methyl/N-ethyl adjacent to an activating group) is 1. The number of aromatic nitrogens is 1. The molecule has 1 heterocycles. The molecule has 8 heteroatoms. The Bertz CT molecular complexity index is 992. The number of carbonyl (C=O) groups excluding carboxylic acids is 1. The predicted molar refractivity (Wildman–Crippen MR) is 115 cm³/mol. The molecule has 29 heavy (non-hydrogen) atoms. The van der Waals surface area contributed by atoms with E-state index >= 15 is 0 Å². The number of benzene rings is 2. The Morgan fingerprint density at radius 3 is 2.66 bits per heavy atom. The summed E-state index contributed by atoms with van der Waals surface area (Å²) < 4.78 is 16.2. The maximum Gasteiger partial charge on any atom is 0.273 e. The molecule has 1 aromatic heterocycles. The minimum atomic E-state index is -0.164. The van der Waals surface area contributed by atoms with E-state index in [1.54, 1.807) is 43.7 Å². The van der Waals surface area contributed by atoms with Gasteiger partial charge in [0.05, 0.1) is 20.8 Å². The second-order valence-corrected chi connectivity index (χ2v) is 7.43. The smallest absolute Gasteiger partial charge is 0.273 e. The lowest BCUT2D eigenvalue weighted by atomic mass is 10.2. The Morgan fingerprint density at radius 2 is 1.93 bits per heavy atom. The number of rotatable bonds is 8. The van der Waals surface area contributed by atoms with Gasteiger partial charge in [-0.3, -0.25) is 4.79 Å². The van der Waals surface area contributed by atoms with E-state index in [-0.39, 0.29) is 5.91 Å². The molecule has 0 spiro atoms. The maximum absolute atomic E-state index is 12.7. The molecule has 0 aliphatic rings. The van der Waals surface area contributed by atoms with Crippen LogP contribution in [0.15, 0.2) is 47.8 Å². The van der Waals surface area contributed by atoms with Gasteiger partial charge >= 0.3 is 0 Å². The SMILES string of the molecule is COc1ccc(-c2nc(C(=O)N(C)CCOc3cccc(Cl)c3)cs2)cc1OC. The third-order valence-electron chi connectivity index (χ3n) is 4.19. The Morgan fingerprint density at radius 1 is 1.14 bits per heavy atom. The zero-order chi connectivity index (χ0) is 20.8. The molecule has 0 fully saturated rings. The number of nitrogens with zero attached hydrogens (tertiary/aromatic N) is 2. The van der Waals surface area contributed by atoms with E-state index < -0.39 is 0 Å². The normalized spacial score (nSPS) is 10.5. The summed E-state index contributed by atoms with van der Waals surface area (Å²) in [5, 5.41) is 3.10. The molecule has 0 aliphatic heterocycles. The summed E-state index contributed by atoms with van der Waals surface area (Å²) in [6.07, 6.45) is 0. The molecule has 152 valence electrons. The molecule has 0 radical (unpaired) electrons. The van der Waals surface area contributed by atoms with Gasteiger partial charge in [0.25, 0.3) is 5.91 Å². The van der Waals surface area contributed by atoms with Crippen LogP contribution >= 0.6 is 22.9 Å². The number of hydrogen-bond donors (Lipinski definition) is 0. The van der Waals surface area contributed by atoms with Crippen LogP contribution in [0.4, 0.5) is 0 Å². The lowest BCUT2D eigenvalue weighted by Gasteiger charge is -2.16. The van der Waals surface area contributed by atoms with Gasteiger partial charge in [-0.15, -0.1) is 11.3 Å². The van der Waals surface area contributed by atoms with Crippen LogP contribution in [0.5, 0.6) is 17.2 Å². The van der Waals surface area contributed by atoms with Gasteiger partial charge in [-0.2, -0.15) is 0 Å². The van der Waals surface area contributed by atoms with Gasteiger partial charge < -0.3 is 19.1 Å². The van der Waals surface area contributed by atoms with Crippen molar-refractivity contribution in [3.05, 3.63) is 58.6 Å². The number of halogens is 1. The van der Waals surface area contributed by atoms with Crippen molar-refractivity contribution in [2.24, 2.45) is 0 Å². The highest BCUT2D eigenvalue weighted by molar-refractivity contribution is 7.13. The van der Waals surface area contributed by atoms with E-state index in [1.165, 1.54) is 11.3 Å². The molecule has 0 saturated carbocycles. The van der Waals surface area contributed by atoms with Crippen LogP contribution in [0.3, 0.4) is 0 Å². The first kappa shape index (κ1) is 21.0. The third kappa shape index (κ3) is 5.19. The van der Waals surface area contributed by atoms with Gasteiger partial charge in [-0.1, -0.05) is 17.7 Å². The molecule has 6 nitrogen and oxygen atoms in total. The van der Waals surface area contributed by atoms with Crippen molar-refractivity contribution < 1.29 is 19.0 Å². The van der Waals surface area contributed by atoms with E-state index in [2.05, 4.69) is 4.98 Å². The highest BCUT2D eigenvalue weighted by atomic mass is 35.5. The average Bonchev–Trinajstić information content (AvgIpc) is 3.22. The Hall–Kier alpha value is -2.77. The maximum atomic E-state index is 12.7. The van der Waals surface area contributed by atoms with Crippen LogP contribution in [0, 0.1) is 0 Å². The second kappa shape index (κ2) is 9.62. The van der Waals surface area contributed by atoms with Crippen LogP contribution in [-0.2, 0) is 0 Å². The fourth-order valence-electron chi connectivity index (χ4n) is 2.63.